The smallest absolute Gasteiger partial charge is 0.134 e. The highest BCUT2D eigenvalue weighted by atomic mass is 16.1. The predicted molar refractivity (Wildman–Crippen MR) is 56.8 cm³/mol. The van der Waals surface area contributed by atoms with Gasteiger partial charge in [-0.2, -0.15) is 0 Å². The molecule has 0 saturated heterocycles. The summed E-state index contributed by atoms with van der Waals surface area (Å²) < 4.78 is 0. The summed E-state index contributed by atoms with van der Waals surface area (Å²) in [4.78, 5) is 13.5. The van der Waals surface area contributed by atoms with Gasteiger partial charge < -0.3 is 4.90 Å². The largest absolute Gasteiger partial charge is 0.303 e. The molecule has 0 aliphatic rings. The minimum atomic E-state index is 0.354. The molecule has 0 saturated carbocycles. The molecule has 0 atom stereocenters. The van der Waals surface area contributed by atoms with Gasteiger partial charge in [-0.3, -0.25) is 4.79 Å². The van der Waals surface area contributed by atoms with Crippen molar-refractivity contribution < 1.29 is 4.79 Å². The molecule has 0 amide bonds. The Bertz CT molecular complexity index is 150. The maximum Gasteiger partial charge on any atom is 0.134 e. The van der Waals surface area contributed by atoms with Crippen LogP contribution in [0.25, 0.3) is 0 Å². The number of nitrogens with zero attached hydrogens (tertiary/aromatic N) is 1. The second-order valence-corrected chi connectivity index (χ2v) is 3.14. The van der Waals surface area contributed by atoms with E-state index in [0.717, 1.165) is 26.1 Å². The minimum Gasteiger partial charge on any atom is -0.303 e. The molecule has 0 fully saturated rings. The van der Waals surface area contributed by atoms with Crippen molar-refractivity contribution in [3.8, 4) is 0 Å². The van der Waals surface area contributed by atoms with Gasteiger partial charge in [-0.15, -0.1) is 6.58 Å². The van der Waals surface area contributed by atoms with Gasteiger partial charge in [-0.05, 0) is 19.5 Å². The monoisotopic (exact) mass is 183 g/mol. The maximum absolute atomic E-state index is 11.3. The molecule has 0 bridgehead atoms. The van der Waals surface area contributed by atoms with E-state index >= 15 is 0 Å². The molecule has 0 heterocycles. The summed E-state index contributed by atoms with van der Waals surface area (Å²) in [6.07, 6.45) is 3.96. The molecule has 0 unspecified atom stereocenters. The van der Waals surface area contributed by atoms with Crippen LogP contribution in [0.15, 0.2) is 12.7 Å². The molecular weight excluding hydrogens is 162 g/mol. The first-order valence-electron chi connectivity index (χ1n) is 5.09. The van der Waals surface area contributed by atoms with Gasteiger partial charge in [0, 0.05) is 19.4 Å². The molecule has 0 aliphatic carbocycles. The van der Waals surface area contributed by atoms with Crippen molar-refractivity contribution in [2.45, 2.75) is 33.1 Å². The fraction of sp³-hybridized carbons (Fsp3) is 0.727. The first-order valence-corrected chi connectivity index (χ1v) is 5.09. The van der Waals surface area contributed by atoms with Crippen LogP contribution in [0.4, 0.5) is 0 Å². The van der Waals surface area contributed by atoms with E-state index in [-0.39, 0.29) is 0 Å². The number of Topliss-reactive ketones (excluding diaryl/α,β-unsaturated/α-hetero) is 1. The number of carbonyl (C=O) groups excluding carboxylic acids is 1. The summed E-state index contributed by atoms with van der Waals surface area (Å²) in [5, 5.41) is 0. The third-order valence-corrected chi connectivity index (χ3v) is 2.23. The van der Waals surface area contributed by atoms with Crippen molar-refractivity contribution in [3.05, 3.63) is 12.7 Å². The third-order valence-electron chi connectivity index (χ3n) is 2.23. The number of ketones is 1. The van der Waals surface area contributed by atoms with Crippen LogP contribution in [0, 0.1) is 0 Å². The van der Waals surface area contributed by atoms with Gasteiger partial charge in [-0.1, -0.05) is 19.9 Å². The second-order valence-electron chi connectivity index (χ2n) is 3.14. The standard InChI is InChI=1S/C11H21NO/c1-4-7-8-11(13)9-10-12(5-2)6-3/h4H,1,5-10H2,2-3H3. The van der Waals surface area contributed by atoms with E-state index in [1.165, 1.54) is 0 Å². The van der Waals surface area contributed by atoms with Gasteiger partial charge in [0.25, 0.3) is 0 Å². The zero-order chi connectivity index (χ0) is 10.1. The fourth-order valence-corrected chi connectivity index (χ4v) is 1.21. The van der Waals surface area contributed by atoms with E-state index < -0.39 is 0 Å². The van der Waals surface area contributed by atoms with Crippen LogP contribution in [0.2, 0.25) is 0 Å². The molecule has 0 aromatic carbocycles. The highest BCUT2D eigenvalue weighted by Crippen LogP contribution is 1.98. The minimum absolute atomic E-state index is 0.354. The van der Waals surface area contributed by atoms with Crippen LogP contribution in [0.3, 0.4) is 0 Å². The molecular formula is C11H21NO. The summed E-state index contributed by atoms with van der Waals surface area (Å²) in [7, 11) is 0. The van der Waals surface area contributed by atoms with Crippen molar-refractivity contribution >= 4 is 5.78 Å². The first-order chi connectivity index (χ1) is 6.24. The van der Waals surface area contributed by atoms with Crippen molar-refractivity contribution in [1.82, 2.24) is 4.90 Å². The molecule has 0 N–H and O–H groups in total. The van der Waals surface area contributed by atoms with Crippen molar-refractivity contribution in [1.29, 1.82) is 0 Å². The molecule has 0 radical (unpaired) electrons. The topological polar surface area (TPSA) is 20.3 Å². The first kappa shape index (κ1) is 12.4. The average Bonchev–Trinajstić information content (AvgIpc) is 2.16. The summed E-state index contributed by atoms with van der Waals surface area (Å²) in [6, 6.07) is 0. The molecule has 76 valence electrons. The van der Waals surface area contributed by atoms with E-state index in [1.54, 1.807) is 6.08 Å². The number of allylic oxidation sites excluding steroid dienone is 1. The molecule has 13 heavy (non-hydrogen) atoms. The highest BCUT2D eigenvalue weighted by Gasteiger charge is 2.03. The van der Waals surface area contributed by atoms with Gasteiger partial charge in [0.2, 0.25) is 0 Å². The van der Waals surface area contributed by atoms with E-state index in [4.69, 9.17) is 0 Å². The van der Waals surface area contributed by atoms with Crippen molar-refractivity contribution in [2.24, 2.45) is 0 Å². The quantitative estimate of drug-likeness (QED) is 0.538. The second kappa shape index (κ2) is 7.99. The number of carbonyl (C=O) groups is 1. The summed E-state index contributed by atoms with van der Waals surface area (Å²) >= 11 is 0. The zero-order valence-electron chi connectivity index (χ0n) is 8.88. The van der Waals surface area contributed by atoms with E-state index in [2.05, 4.69) is 25.3 Å². The van der Waals surface area contributed by atoms with Crippen LogP contribution in [0.1, 0.15) is 33.1 Å². The molecule has 0 spiro atoms. The lowest BCUT2D eigenvalue weighted by Crippen LogP contribution is -2.25. The van der Waals surface area contributed by atoms with E-state index in [0.29, 0.717) is 18.6 Å². The number of hydrogen-bond acceptors (Lipinski definition) is 2. The third kappa shape index (κ3) is 6.52. The van der Waals surface area contributed by atoms with E-state index in [9.17, 15) is 4.79 Å². The lowest BCUT2D eigenvalue weighted by molar-refractivity contribution is -0.119. The van der Waals surface area contributed by atoms with Gasteiger partial charge in [0.05, 0.1) is 0 Å². The molecule has 0 rings (SSSR count). The predicted octanol–water partition coefficient (Wildman–Crippen LogP) is 2.25. The molecule has 2 nitrogen and oxygen atoms in total. The molecule has 0 aromatic rings. The Balaban J connectivity index is 3.49. The van der Waals surface area contributed by atoms with Gasteiger partial charge in [0.1, 0.15) is 5.78 Å². The van der Waals surface area contributed by atoms with Crippen LogP contribution >= 0.6 is 0 Å². The molecule has 2 heteroatoms. The number of hydrogen-bond donors (Lipinski definition) is 0. The van der Waals surface area contributed by atoms with Crippen molar-refractivity contribution in [3.63, 3.8) is 0 Å². The Kier molecular flexibility index (Phi) is 7.60. The summed E-state index contributed by atoms with van der Waals surface area (Å²) in [5.41, 5.74) is 0. The fourth-order valence-electron chi connectivity index (χ4n) is 1.21. The van der Waals surface area contributed by atoms with Crippen LogP contribution in [-0.2, 0) is 4.79 Å². The Morgan fingerprint density at radius 3 is 2.38 bits per heavy atom. The Labute approximate surface area is 81.6 Å². The van der Waals surface area contributed by atoms with Crippen LogP contribution < -0.4 is 0 Å². The summed E-state index contributed by atoms with van der Waals surface area (Å²) in [5.74, 6) is 0.354. The van der Waals surface area contributed by atoms with Gasteiger partial charge >= 0.3 is 0 Å². The van der Waals surface area contributed by atoms with Crippen LogP contribution in [-0.4, -0.2) is 30.3 Å². The van der Waals surface area contributed by atoms with E-state index in [1.807, 2.05) is 0 Å². The highest BCUT2D eigenvalue weighted by molar-refractivity contribution is 5.78. The normalized spacial score (nSPS) is 10.4. The Morgan fingerprint density at radius 2 is 1.92 bits per heavy atom. The Hall–Kier alpha value is -0.630. The van der Waals surface area contributed by atoms with Crippen LogP contribution in [0.5, 0.6) is 0 Å². The SMILES string of the molecule is C=CCCC(=O)CCN(CC)CC. The van der Waals surface area contributed by atoms with Gasteiger partial charge in [0.15, 0.2) is 0 Å². The zero-order valence-corrected chi connectivity index (χ0v) is 8.88. The maximum atomic E-state index is 11.3. The number of rotatable bonds is 8. The lowest BCUT2D eigenvalue weighted by atomic mass is 10.1. The molecule has 0 aromatic heterocycles. The Morgan fingerprint density at radius 1 is 1.31 bits per heavy atom. The average molecular weight is 183 g/mol. The lowest BCUT2D eigenvalue weighted by Gasteiger charge is -2.16. The molecule has 0 aliphatic heterocycles. The van der Waals surface area contributed by atoms with Gasteiger partial charge in [-0.25, -0.2) is 0 Å². The summed E-state index contributed by atoms with van der Waals surface area (Å²) in [6.45, 7) is 10.8. The van der Waals surface area contributed by atoms with Crippen molar-refractivity contribution in [2.75, 3.05) is 19.6 Å².